The molecule has 1 aromatic carbocycles. The first-order valence-corrected chi connectivity index (χ1v) is 8.53. The second-order valence-corrected chi connectivity index (χ2v) is 6.25. The smallest absolute Gasteiger partial charge is 0.246 e. The number of piperidine rings is 1. The van der Waals surface area contributed by atoms with Crippen LogP contribution in [0.2, 0.25) is 0 Å². The van der Waals surface area contributed by atoms with Gasteiger partial charge in [0.15, 0.2) is 0 Å². The van der Waals surface area contributed by atoms with Gasteiger partial charge in [-0.2, -0.15) is 0 Å². The molecule has 3 rings (SSSR count). The van der Waals surface area contributed by atoms with E-state index in [0.717, 1.165) is 31.6 Å². The minimum Gasteiger partial charge on any atom is -0.508 e. The van der Waals surface area contributed by atoms with Crippen LogP contribution in [0.5, 0.6) is 5.75 Å². The number of rotatable bonds is 2. The van der Waals surface area contributed by atoms with Crippen LogP contribution in [0, 0.1) is 0 Å². The van der Waals surface area contributed by atoms with Crippen LogP contribution < -0.4 is 10.2 Å². The number of hydrogen-bond donors (Lipinski definition) is 2. The second kappa shape index (κ2) is 8.20. The number of ether oxygens (including phenoxy) is 1. The zero-order chi connectivity index (χ0) is 16.7. The molecule has 2 saturated heterocycles. The number of anilines is 1. The van der Waals surface area contributed by atoms with Crippen LogP contribution in [0.4, 0.5) is 5.69 Å². The summed E-state index contributed by atoms with van der Waals surface area (Å²) in [4.78, 5) is 13.4. The third-order valence-corrected chi connectivity index (χ3v) is 4.51. The number of nitrogens with zero attached hydrogens (tertiary/aromatic N) is 1. The summed E-state index contributed by atoms with van der Waals surface area (Å²) < 4.78 is 5.74. The molecule has 128 valence electrons. The lowest BCUT2D eigenvalue weighted by molar-refractivity contribution is -0.146. The highest BCUT2D eigenvalue weighted by molar-refractivity contribution is 5.78. The van der Waals surface area contributed by atoms with E-state index < -0.39 is 0 Å². The molecule has 23 heavy (non-hydrogen) atoms. The summed E-state index contributed by atoms with van der Waals surface area (Å²) in [5.74, 6) is 0.266. The number of carbonyl (C=O) groups excluding carboxylic acids is 1. The van der Waals surface area contributed by atoms with Crippen molar-refractivity contribution in [2.45, 2.75) is 45.1 Å². The van der Waals surface area contributed by atoms with Crippen molar-refractivity contribution in [1.29, 1.82) is 0 Å². The van der Waals surface area contributed by atoms with E-state index in [1.807, 2.05) is 12.1 Å². The number of phenols is 1. The van der Waals surface area contributed by atoms with E-state index in [2.05, 4.69) is 24.1 Å². The number of amides is 1. The number of unbranched alkanes of at least 4 members (excludes halogenated alkanes) is 1. The molecule has 5 heteroatoms. The number of phenolic OH excluding ortho intramolecular Hbond substituents is 1. The Labute approximate surface area is 138 Å². The maximum Gasteiger partial charge on any atom is 0.246 e. The highest BCUT2D eigenvalue weighted by Crippen LogP contribution is 2.30. The van der Waals surface area contributed by atoms with E-state index in [0.29, 0.717) is 6.54 Å². The average Bonchev–Trinajstić information content (AvgIpc) is 2.60. The molecule has 0 radical (unpaired) electrons. The zero-order valence-electron chi connectivity index (χ0n) is 14.2. The first kappa shape index (κ1) is 17.6. The molecule has 2 aliphatic rings. The third-order valence-electron chi connectivity index (χ3n) is 4.51. The monoisotopic (exact) mass is 320 g/mol. The van der Waals surface area contributed by atoms with Crippen LogP contribution in [0.1, 0.15) is 39.5 Å². The molecule has 0 aliphatic carbocycles. The lowest BCUT2D eigenvalue weighted by atomic mass is 9.89. The molecule has 1 amide bonds. The predicted octanol–water partition coefficient (Wildman–Crippen LogP) is 2.68. The van der Waals surface area contributed by atoms with Gasteiger partial charge in [0.1, 0.15) is 12.4 Å². The summed E-state index contributed by atoms with van der Waals surface area (Å²) in [5.41, 5.74) is 0.939. The molecule has 0 atom stereocenters. The summed E-state index contributed by atoms with van der Waals surface area (Å²) in [6, 6.07) is 7.27. The van der Waals surface area contributed by atoms with Gasteiger partial charge in [-0.25, -0.2) is 0 Å². The van der Waals surface area contributed by atoms with Gasteiger partial charge in [0.05, 0.1) is 5.60 Å². The van der Waals surface area contributed by atoms with Crippen LogP contribution in [-0.2, 0) is 9.53 Å². The minimum absolute atomic E-state index is 0.0217. The molecular formula is C18H28N2O3. The first-order valence-electron chi connectivity index (χ1n) is 8.53. The summed E-state index contributed by atoms with van der Waals surface area (Å²) in [7, 11) is 0. The Hall–Kier alpha value is -1.75. The number of morpholine rings is 1. The molecular weight excluding hydrogens is 292 g/mol. The highest BCUT2D eigenvalue weighted by atomic mass is 16.5. The van der Waals surface area contributed by atoms with Crippen molar-refractivity contribution in [2.24, 2.45) is 0 Å². The molecule has 1 spiro atoms. The predicted molar refractivity (Wildman–Crippen MR) is 91.8 cm³/mol. The van der Waals surface area contributed by atoms with Gasteiger partial charge in [-0.05, 0) is 37.1 Å². The van der Waals surface area contributed by atoms with Gasteiger partial charge in [0.2, 0.25) is 5.91 Å². The number of hydrogen-bond acceptors (Lipinski definition) is 4. The second-order valence-electron chi connectivity index (χ2n) is 6.25. The molecule has 2 fully saturated rings. The summed E-state index contributed by atoms with van der Waals surface area (Å²) in [5, 5.41) is 12.2. The van der Waals surface area contributed by atoms with Crippen molar-refractivity contribution in [1.82, 2.24) is 5.32 Å². The van der Waals surface area contributed by atoms with Gasteiger partial charge in [0.25, 0.3) is 0 Å². The molecule has 2 aliphatic heterocycles. The minimum atomic E-state index is -0.179. The number of carbonyl (C=O) groups is 1. The van der Waals surface area contributed by atoms with Crippen molar-refractivity contribution in [3.05, 3.63) is 24.3 Å². The Morgan fingerprint density at radius 2 is 1.78 bits per heavy atom. The largest absolute Gasteiger partial charge is 0.508 e. The number of nitrogens with one attached hydrogen (secondary N) is 1. The number of aromatic hydroxyl groups is 1. The van der Waals surface area contributed by atoms with Gasteiger partial charge >= 0.3 is 0 Å². The van der Waals surface area contributed by atoms with E-state index in [-0.39, 0.29) is 23.9 Å². The van der Waals surface area contributed by atoms with Gasteiger partial charge in [-0.15, -0.1) is 0 Å². The molecule has 1 aromatic rings. The van der Waals surface area contributed by atoms with Gasteiger partial charge in [0, 0.05) is 25.3 Å². The topological polar surface area (TPSA) is 61.8 Å². The number of benzene rings is 1. The standard InChI is InChI=1S/C14H18N2O3.C4H10/c17-12-3-1-11(2-4-12)16-7-5-14(6-8-16)10-15-13(18)9-19-14;1-3-4-2/h1-4,17H,5-10H2,(H,15,18);3-4H2,1-2H3. The van der Waals surface area contributed by atoms with Crippen LogP contribution in [0.25, 0.3) is 0 Å². The summed E-state index contributed by atoms with van der Waals surface area (Å²) in [6.45, 7) is 6.97. The third kappa shape index (κ3) is 4.86. The fraction of sp³-hybridized carbons (Fsp3) is 0.611. The van der Waals surface area contributed by atoms with Crippen molar-refractivity contribution in [3.63, 3.8) is 0 Å². The Bertz CT molecular complexity index is 479. The van der Waals surface area contributed by atoms with Crippen LogP contribution >= 0.6 is 0 Å². The average molecular weight is 320 g/mol. The molecule has 2 N–H and O–H groups in total. The highest BCUT2D eigenvalue weighted by Gasteiger charge is 2.38. The van der Waals surface area contributed by atoms with Crippen LogP contribution in [0.3, 0.4) is 0 Å². The van der Waals surface area contributed by atoms with E-state index in [4.69, 9.17) is 4.74 Å². The zero-order valence-corrected chi connectivity index (χ0v) is 14.2. The van der Waals surface area contributed by atoms with Gasteiger partial charge in [-0.3, -0.25) is 4.79 Å². The molecule has 0 saturated carbocycles. The van der Waals surface area contributed by atoms with Crippen molar-refractivity contribution in [2.75, 3.05) is 31.1 Å². The quantitative estimate of drug-likeness (QED) is 0.879. The maximum atomic E-state index is 11.1. The van der Waals surface area contributed by atoms with Gasteiger partial charge < -0.3 is 20.1 Å². The summed E-state index contributed by atoms with van der Waals surface area (Å²) in [6.07, 6.45) is 4.46. The van der Waals surface area contributed by atoms with E-state index in [1.54, 1.807) is 12.1 Å². The normalized spacial score (nSPS) is 19.7. The molecule has 5 nitrogen and oxygen atoms in total. The van der Waals surface area contributed by atoms with Crippen LogP contribution in [0.15, 0.2) is 24.3 Å². The Morgan fingerprint density at radius 1 is 1.17 bits per heavy atom. The Morgan fingerprint density at radius 3 is 2.26 bits per heavy atom. The van der Waals surface area contributed by atoms with Crippen molar-refractivity contribution < 1.29 is 14.6 Å². The molecule has 2 heterocycles. The van der Waals surface area contributed by atoms with Crippen LogP contribution in [-0.4, -0.2) is 42.9 Å². The van der Waals surface area contributed by atoms with E-state index in [1.165, 1.54) is 12.8 Å². The maximum absolute atomic E-state index is 11.1. The fourth-order valence-corrected chi connectivity index (χ4v) is 2.74. The van der Waals surface area contributed by atoms with E-state index in [9.17, 15) is 9.90 Å². The molecule has 0 bridgehead atoms. The lowest BCUT2D eigenvalue weighted by Crippen LogP contribution is -2.57. The first-order chi connectivity index (χ1) is 11.1. The van der Waals surface area contributed by atoms with E-state index >= 15 is 0 Å². The Balaban J connectivity index is 0.000000433. The summed E-state index contributed by atoms with van der Waals surface area (Å²) >= 11 is 0. The van der Waals surface area contributed by atoms with Gasteiger partial charge in [-0.1, -0.05) is 26.7 Å². The SMILES string of the molecule is CCCC.O=C1COC2(CCN(c3ccc(O)cc3)CC2)CN1. The molecule has 0 unspecified atom stereocenters. The van der Waals surface area contributed by atoms with Crippen molar-refractivity contribution in [3.8, 4) is 5.75 Å². The van der Waals surface area contributed by atoms with Crippen molar-refractivity contribution >= 4 is 11.6 Å². The fourth-order valence-electron chi connectivity index (χ4n) is 2.74. The lowest BCUT2D eigenvalue weighted by Gasteiger charge is -2.44. The Kier molecular flexibility index (Phi) is 6.28. The molecule has 0 aromatic heterocycles.